The second-order valence-electron chi connectivity index (χ2n) is 6.56. The van der Waals surface area contributed by atoms with Crippen molar-refractivity contribution in [3.63, 3.8) is 0 Å². The van der Waals surface area contributed by atoms with Crippen LogP contribution in [0.4, 0.5) is 13.6 Å². The van der Waals surface area contributed by atoms with Crippen LogP contribution in [0.15, 0.2) is 18.2 Å². The fraction of sp³-hybridized carbons (Fsp3) is 0.562. The van der Waals surface area contributed by atoms with E-state index in [1.54, 1.807) is 20.8 Å². The Morgan fingerprint density at radius 2 is 2.00 bits per heavy atom. The van der Waals surface area contributed by atoms with E-state index >= 15 is 0 Å². The average Bonchev–Trinajstić information content (AvgIpc) is 2.40. The minimum atomic E-state index is -0.931. The number of hydrogen-bond acceptors (Lipinski definition) is 3. The van der Waals surface area contributed by atoms with Gasteiger partial charge < -0.3 is 14.7 Å². The Hall–Kier alpha value is -1.69. The molecule has 1 aliphatic rings. The van der Waals surface area contributed by atoms with Crippen molar-refractivity contribution in [1.29, 1.82) is 0 Å². The number of amides is 1. The van der Waals surface area contributed by atoms with Gasteiger partial charge in [-0.25, -0.2) is 13.6 Å². The maximum atomic E-state index is 13.3. The molecule has 1 fully saturated rings. The zero-order valence-corrected chi connectivity index (χ0v) is 13.0. The lowest BCUT2D eigenvalue weighted by molar-refractivity contribution is -0.00155. The summed E-state index contributed by atoms with van der Waals surface area (Å²) in [6.07, 6.45) is -0.854. The second kappa shape index (κ2) is 6.20. The Kier molecular flexibility index (Phi) is 4.70. The Labute approximate surface area is 128 Å². The molecule has 0 aliphatic carbocycles. The summed E-state index contributed by atoms with van der Waals surface area (Å²) in [6.45, 7) is 5.83. The number of aliphatic hydroxyl groups excluding tert-OH is 1. The Bertz CT molecular complexity index is 557. The molecule has 0 radical (unpaired) electrons. The first-order valence-corrected chi connectivity index (χ1v) is 7.28. The lowest BCUT2D eigenvalue weighted by Gasteiger charge is -2.36. The monoisotopic (exact) mass is 313 g/mol. The number of piperidine rings is 1. The highest BCUT2D eigenvalue weighted by Gasteiger charge is 2.33. The number of likely N-dealkylation sites (tertiary alicyclic amines) is 1. The first kappa shape index (κ1) is 16.7. The quantitative estimate of drug-likeness (QED) is 0.867. The van der Waals surface area contributed by atoms with Crippen LogP contribution in [-0.2, 0) is 4.74 Å². The summed E-state index contributed by atoms with van der Waals surface area (Å²) in [6, 6.07) is 3.62. The van der Waals surface area contributed by atoms with Gasteiger partial charge in [-0.1, -0.05) is 6.07 Å². The van der Waals surface area contributed by atoms with E-state index in [1.807, 2.05) is 0 Å². The molecule has 1 aromatic carbocycles. The van der Waals surface area contributed by atoms with Crippen LogP contribution in [0, 0.1) is 11.6 Å². The first-order valence-electron chi connectivity index (χ1n) is 7.28. The number of halogens is 2. The molecule has 2 rings (SSSR count). The van der Waals surface area contributed by atoms with Crippen molar-refractivity contribution in [2.24, 2.45) is 0 Å². The zero-order valence-electron chi connectivity index (χ0n) is 13.0. The fourth-order valence-corrected chi connectivity index (χ4v) is 2.56. The summed E-state index contributed by atoms with van der Waals surface area (Å²) in [5, 5.41) is 10.2. The van der Waals surface area contributed by atoms with Gasteiger partial charge in [0.15, 0.2) is 11.6 Å². The van der Waals surface area contributed by atoms with E-state index in [4.69, 9.17) is 4.74 Å². The number of nitrogens with zero attached hydrogens (tertiary/aromatic N) is 1. The third kappa shape index (κ3) is 3.94. The van der Waals surface area contributed by atoms with Crippen LogP contribution in [0.5, 0.6) is 0 Å². The standard InChI is InChI=1S/C16H21F2NO3/c1-16(2,3)22-15(21)19-7-6-11(14(20)9-19)10-4-5-12(17)13(18)8-10/h4-5,8,11,14,20H,6-7,9H2,1-3H3/t11-,14+/m1/s1. The summed E-state index contributed by atoms with van der Waals surface area (Å²) < 4.78 is 31.6. The van der Waals surface area contributed by atoms with E-state index in [0.29, 0.717) is 18.5 Å². The molecule has 4 nitrogen and oxygen atoms in total. The molecular formula is C16H21F2NO3. The molecule has 0 saturated carbocycles. The molecule has 1 aliphatic heterocycles. The van der Waals surface area contributed by atoms with Crippen LogP contribution in [-0.4, -0.2) is 40.9 Å². The van der Waals surface area contributed by atoms with Gasteiger partial charge in [0.05, 0.1) is 12.6 Å². The van der Waals surface area contributed by atoms with Gasteiger partial charge >= 0.3 is 6.09 Å². The van der Waals surface area contributed by atoms with Crippen LogP contribution in [0.1, 0.15) is 38.7 Å². The maximum absolute atomic E-state index is 13.3. The highest BCUT2D eigenvalue weighted by atomic mass is 19.2. The van der Waals surface area contributed by atoms with Gasteiger partial charge in [-0.2, -0.15) is 0 Å². The molecule has 0 aromatic heterocycles. The van der Waals surface area contributed by atoms with Gasteiger partial charge in [-0.05, 0) is 44.9 Å². The van der Waals surface area contributed by atoms with Crippen LogP contribution >= 0.6 is 0 Å². The van der Waals surface area contributed by atoms with Crippen molar-refractivity contribution in [2.45, 2.75) is 44.8 Å². The maximum Gasteiger partial charge on any atom is 0.410 e. The minimum absolute atomic E-state index is 0.110. The molecule has 22 heavy (non-hydrogen) atoms. The Balaban J connectivity index is 2.03. The molecule has 122 valence electrons. The molecule has 1 heterocycles. The molecule has 2 atom stereocenters. The molecule has 1 aromatic rings. The average molecular weight is 313 g/mol. The smallest absolute Gasteiger partial charge is 0.410 e. The molecule has 0 spiro atoms. The molecule has 0 bridgehead atoms. The van der Waals surface area contributed by atoms with Crippen molar-refractivity contribution >= 4 is 6.09 Å². The highest BCUT2D eigenvalue weighted by Crippen LogP contribution is 2.30. The van der Waals surface area contributed by atoms with Crippen molar-refractivity contribution in [3.8, 4) is 0 Å². The van der Waals surface area contributed by atoms with Crippen LogP contribution in [0.3, 0.4) is 0 Å². The summed E-state index contributed by atoms with van der Waals surface area (Å²) in [4.78, 5) is 13.4. The first-order chi connectivity index (χ1) is 10.2. The fourth-order valence-electron chi connectivity index (χ4n) is 2.56. The zero-order chi connectivity index (χ0) is 16.5. The molecule has 1 saturated heterocycles. The lowest BCUT2D eigenvalue weighted by atomic mass is 9.87. The van der Waals surface area contributed by atoms with Crippen molar-refractivity contribution < 1.29 is 23.4 Å². The van der Waals surface area contributed by atoms with Gasteiger partial charge in [-0.3, -0.25) is 0 Å². The van der Waals surface area contributed by atoms with Gasteiger partial charge in [0.2, 0.25) is 0 Å². The van der Waals surface area contributed by atoms with Crippen molar-refractivity contribution in [2.75, 3.05) is 13.1 Å². The number of hydrogen-bond donors (Lipinski definition) is 1. The van der Waals surface area contributed by atoms with E-state index in [0.717, 1.165) is 12.1 Å². The Morgan fingerprint density at radius 1 is 1.32 bits per heavy atom. The molecule has 1 N–H and O–H groups in total. The summed E-state index contributed by atoms with van der Waals surface area (Å²) in [7, 11) is 0. The van der Waals surface area contributed by atoms with E-state index in [-0.39, 0.29) is 12.5 Å². The predicted octanol–water partition coefficient (Wildman–Crippen LogP) is 3.05. The second-order valence-corrected chi connectivity index (χ2v) is 6.56. The summed E-state index contributed by atoms with van der Waals surface area (Å²) >= 11 is 0. The summed E-state index contributed by atoms with van der Waals surface area (Å²) in [5.41, 5.74) is -0.0610. The third-order valence-corrected chi connectivity index (χ3v) is 3.61. The summed E-state index contributed by atoms with van der Waals surface area (Å²) in [5.74, 6) is -2.17. The van der Waals surface area contributed by atoms with Crippen LogP contribution < -0.4 is 0 Å². The molecule has 1 amide bonds. The van der Waals surface area contributed by atoms with Gasteiger partial charge in [0, 0.05) is 12.5 Å². The topological polar surface area (TPSA) is 49.8 Å². The Morgan fingerprint density at radius 3 is 2.55 bits per heavy atom. The number of β-amino-alcohol motifs (C(OH)–C–C–N with tert-alkyl or cyclic N) is 1. The largest absolute Gasteiger partial charge is 0.444 e. The number of aliphatic hydroxyl groups is 1. The van der Waals surface area contributed by atoms with Gasteiger partial charge in [0.25, 0.3) is 0 Å². The number of benzene rings is 1. The number of carbonyl (C=O) groups excluding carboxylic acids is 1. The lowest BCUT2D eigenvalue weighted by Crippen LogP contribution is -2.47. The number of rotatable bonds is 1. The third-order valence-electron chi connectivity index (χ3n) is 3.61. The molecular weight excluding hydrogens is 292 g/mol. The number of ether oxygens (including phenoxy) is 1. The van der Waals surface area contributed by atoms with Gasteiger partial charge in [0.1, 0.15) is 5.60 Å². The van der Waals surface area contributed by atoms with E-state index in [9.17, 15) is 18.7 Å². The predicted molar refractivity (Wildman–Crippen MR) is 77.5 cm³/mol. The molecule has 0 unspecified atom stereocenters. The van der Waals surface area contributed by atoms with E-state index in [2.05, 4.69) is 0 Å². The van der Waals surface area contributed by atoms with Crippen LogP contribution in [0.2, 0.25) is 0 Å². The van der Waals surface area contributed by atoms with Crippen LogP contribution in [0.25, 0.3) is 0 Å². The normalized spacial score (nSPS) is 22.5. The highest BCUT2D eigenvalue weighted by molar-refractivity contribution is 5.68. The van der Waals surface area contributed by atoms with Crippen molar-refractivity contribution in [3.05, 3.63) is 35.4 Å². The SMILES string of the molecule is CC(C)(C)OC(=O)N1CC[C@H](c2ccc(F)c(F)c2)[C@@H](O)C1. The molecule has 6 heteroatoms. The van der Waals surface area contributed by atoms with E-state index in [1.165, 1.54) is 11.0 Å². The van der Waals surface area contributed by atoms with Gasteiger partial charge in [-0.15, -0.1) is 0 Å². The van der Waals surface area contributed by atoms with E-state index < -0.39 is 29.4 Å². The van der Waals surface area contributed by atoms with Crippen molar-refractivity contribution in [1.82, 2.24) is 4.90 Å². The minimum Gasteiger partial charge on any atom is -0.444 e. The number of carbonyl (C=O) groups is 1.